The van der Waals surface area contributed by atoms with E-state index in [0.717, 1.165) is 122 Å². The highest BCUT2D eigenvalue weighted by molar-refractivity contribution is 6.14. The number of fused-ring (bicyclic) bond motifs is 6. The first kappa shape index (κ1) is 48.1. The van der Waals surface area contributed by atoms with E-state index in [1.807, 2.05) is 12.1 Å². The van der Waals surface area contributed by atoms with Crippen LogP contribution in [0.4, 0.5) is 5.69 Å². The molecule has 4 nitrogen and oxygen atoms in total. The number of benzene rings is 11. The number of pyridine rings is 1. The molecule has 0 aliphatic rings. The Balaban J connectivity index is 1.10. The van der Waals surface area contributed by atoms with E-state index in [-0.39, 0.29) is 0 Å². The molecule has 0 atom stereocenters. The van der Waals surface area contributed by atoms with E-state index in [2.05, 4.69) is 284 Å². The number of aromatic nitrogens is 3. The first-order valence-electron chi connectivity index (χ1n) is 27.4. The van der Waals surface area contributed by atoms with Gasteiger partial charge in [-0.1, -0.05) is 204 Å². The fourth-order valence-corrected chi connectivity index (χ4v) is 11.7. The van der Waals surface area contributed by atoms with E-state index >= 15 is 0 Å². The van der Waals surface area contributed by atoms with Crippen molar-refractivity contribution in [2.24, 2.45) is 0 Å². The smallest absolute Gasteiger partial charge is 0.197 e. The van der Waals surface area contributed by atoms with Gasteiger partial charge in [0.05, 0.1) is 51.4 Å². The van der Waals surface area contributed by atoms with Crippen molar-refractivity contribution in [2.45, 2.75) is 27.7 Å². The molecule has 80 heavy (non-hydrogen) atoms. The third kappa shape index (κ3) is 8.54. The van der Waals surface area contributed by atoms with E-state index in [1.165, 1.54) is 33.4 Å². The van der Waals surface area contributed by atoms with Crippen LogP contribution < -0.4 is 0 Å². The molecule has 0 saturated carbocycles. The molecule has 0 fully saturated rings. The quantitative estimate of drug-likeness (QED) is 0.132. The Kier molecular flexibility index (Phi) is 11.8. The Labute approximate surface area is 466 Å². The van der Waals surface area contributed by atoms with Crippen LogP contribution in [0.3, 0.4) is 0 Å². The Morgan fingerprint density at radius 1 is 0.287 bits per heavy atom. The van der Waals surface area contributed by atoms with Crippen LogP contribution in [0.5, 0.6) is 0 Å². The molecule has 0 bridgehead atoms. The monoisotopic (exact) mass is 1020 g/mol. The van der Waals surface area contributed by atoms with Crippen molar-refractivity contribution in [1.82, 2.24) is 14.1 Å². The van der Waals surface area contributed by atoms with Crippen molar-refractivity contribution in [1.29, 1.82) is 0 Å². The maximum atomic E-state index is 9.13. The van der Waals surface area contributed by atoms with Crippen LogP contribution in [-0.4, -0.2) is 14.1 Å². The van der Waals surface area contributed by atoms with Gasteiger partial charge in [-0.3, -0.25) is 0 Å². The van der Waals surface area contributed by atoms with E-state index in [0.29, 0.717) is 5.69 Å². The molecule has 0 N–H and O–H groups in total. The predicted octanol–water partition coefficient (Wildman–Crippen LogP) is 20.7. The third-order valence-electron chi connectivity index (χ3n) is 16.0. The summed E-state index contributed by atoms with van der Waals surface area (Å²) in [5.74, 6) is 0. The van der Waals surface area contributed by atoms with Crippen molar-refractivity contribution < 1.29 is 0 Å². The maximum Gasteiger partial charge on any atom is 0.197 e. The van der Waals surface area contributed by atoms with Gasteiger partial charge in [0.2, 0.25) is 0 Å². The fraction of sp³-hybridized carbons (Fsp3) is 0.0526. The van der Waals surface area contributed by atoms with Gasteiger partial charge in [-0.15, -0.1) is 0 Å². The summed E-state index contributed by atoms with van der Waals surface area (Å²) in [6, 6.07) is 92.3. The van der Waals surface area contributed by atoms with Crippen LogP contribution in [-0.2, 0) is 0 Å². The number of hydrogen-bond donors (Lipinski definition) is 0. The van der Waals surface area contributed by atoms with Crippen LogP contribution in [0.1, 0.15) is 22.3 Å². The molecular weight excluding hydrogens is 969 g/mol. The molecule has 4 heteroatoms. The van der Waals surface area contributed by atoms with Gasteiger partial charge in [-0.25, -0.2) is 9.83 Å². The SMILES string of the molecule is [C-]#[N+]c1cc(-n2c3ccc(-c4ccc(C)cc4)cc3c3cc(-c4ccc(C)cc4)ccc32)c(-n2c3ccc(-c4ccc(C)cc4)cc3c3cc(-c4ccc(C)cc4)ccc32)cc1-c1cc(-c2ccccc2)nc(-c2ccccc2)c1. The summed E-state index contributed by atoms with van der Waals surface area (Å²) in [7, 11) is 0. The molecule has 0 saturated heterocycles. The van der Waals surface area contributed by atoms with Gasteiger partial charge in [0, 0.05) is 32.7 Å². The Bertz CT molecular complexity index is 4480. The lowest BCUT2D eigenvalue weighted by Crippen LogP contribution is -2.04. The van der Waals surface area contributed by atoms with Gasteiger partial charge in [0.25, 0.3) is 0 Å². The minimum absolute atomic E-state index is 0.541. The van der Waals surface area contributed by atoms with Crippen molar-refractivity contribution >= 4 is 49.3 Å². The molecule has 14 aromatic rings. The van der Waals surface area contributed by atoms with Gasteiger partial charge >= 0.3 is 0 Å². The van der Waals surface area contributed by atoms with Gasteiger partial charge in [-0.05, 0) is 156 Å². The van der Waals surface area contributed by atoms with Crippen molar-refractivity contribution in [3.8, 4) is 89.5 Å². The zero-order valence-corrected chi connectivity index (χ0v) is 45.0. The Morgan fingerprint density at radius 2 is 0.588 bits per heavy atom. The lowest BCUT2D eigenvalue weighted by atomic mass is 9.97. The predicted molar refractivity (Wildman–Crippen MR) is 336 cm³/mol. The average Bonchev–Trinajstić information content (AvgIpc) is 4.06. The summed E-state index contributed by atoms with van der Waals surface area (Å²) in [5, 5.41) is 4.55. The molecule has 378 valence electrons. The second kappa shape index (κ2) is 19.6. The van der Waals surface area contributed by atoms with E-state index in [4.69, 9.17) is 11.6 Å². The second-order valence-corrected chi connectivity index (χ2v) is 21.4. The standard InChI is InChI=1S/C76H54N4/c1-48-16-24-52(25-17-48)58-32-36-71-64(40-58)65-41-59(53-26-18-49(2)19-27-53)33-37-72(65)79(71)75-46-63(62-44-68(56-12-8-6-9-13-56)78-69(45-62)57-14-10-7-11-15-57)70(77-5)47-76(75)80-73-38-34-60(54-28-20-50(3)21-29-54)42-66(73)67-43-61(35-39-74(67)80)55-30-22-51(4)23-31-55/h6-47H,1-4H3. The molecule has 11 aromatic carbocycles. The second-order valence-electron chi connectivity index (χ2n) is 21.4. The van der Waals surface area contributed by atoms with Crippen LogP contribution in [0.15, 0.2) is 255 Å². The highest BCUT2D eigenvalue weighted by Gasteiger charge is 2.25. The Hall–Kier alpha value is -10.3. The molecule has 3 aromatic heterocycles. The first-order valence-corrected chi connectivity index (χ1v) is 27.4. The molecular formula is C76H54N4. The van der Waals surface area contributed by atoms with E-state index in [9.17, 15) is 0 Å². The van der Waals surface area contributed by atoms with E-state index in [1.54, 1.807) is 0 Å². The van der Waals surface area contributed by atoms with Crippen LogP contribution in [0, 0.1) is 34.3 Å². The van der Waals surface area contributed by atoms with Crippen molar-refractivity contribution in [3.63, 3.8) is 0 Å². The molecule has 0 spiro atoms. The third-order valence-corrected chi connectivity index (χ3v) is 16.0. The van der Waals surface area contributed by atoms with E-state index < -0.39 is 0 Å². The van der Waals surface area contributed by atoms with Gasteiger partial charge in [-0.2, -0.15) is 0 Å². The van der Waals surface area contributed by atoms with Gasteiger partial charge < -0.3 is 9.13 Å². The minimum Gasteiger partial charge on any atom is -0.308 e. The summed E-state index contributed by atoms with van der Waals surface area (Å²) >= 11 is 0. The summed E-state index contributed by atoms with van der Waals surface area (Å²) in [5.41, 5.74) is 26.2. The van der Waals surface area contributed by atoms with Crippen LogP contribution in [0.25, 0.3) is 138 Å². The topological polar surface area (TPSA) is 27.1 Å². The maximum absolute atomic E-state index is 9.13. The number of aryl methyl sites for hydroxylation is 4. The van der Waals surface area contributed by atoms with Gasteiger partial charge in [0.15, 0.2) is 5.69 Å². The van der Waals surface area contributed by atoms with Crippen LogP contribution >= 0.6 is 0 Å². The minimum atomic E-state index is 0.541. The normalized spacial score (nSPS) is 11.5. The first-order chi connectivity index (χ1) is 39.2. The molecule has 14 rings (SSSR count). The van der Waals surface area contributed by atoms with Crippen LogP contribution in [0.2, 0.25) is 0 Å². The zero-order chi connectivity index (χ0) is 54.0. The van der Waals surface area contributed by atoms with Crippen molar-refractivity contribution in [2.75, 3.05) is 0 Å². The van der Waals surface area contributed by atoms with Gasteiger partial charge in [0.1, 0.15) is 0 Å². The highest BCUT2D eigenvalue weighted by Crippen LogP contribution is 2.46. The molecule has 0 radical (unpaired) electrons. The molecule has 3 heterocycles. The number of hydrogen-bond acceptors (Lipinski definition) is 1. The molecule has 0 amide bonds. The lowest BCUT2D eigenvalue weighted by molar-refractivity contribution is 1.10. The molecule has 0 aliphatic carbocycles. The van der Waals surface area contributed by atoms with Crippen molar-refractivity contribution in [3.05, 3.63) is 288 Å². The molecule has 0 unspecified atom stereocenters. The summed E-state index contributed by atoms with van der Waals surface area (Å²) in [6.07, 6.45) is 0. The highest BCUT2D eigenvalue weighted by atomic mass is 15.1. The number of rotatable bonds is 9. The zero-order valence-electron chi connectivity index (χ0n) is 45.0. The summed E-state index contributed by atoms with van der Waals surface area (Å²) in [6.45, 7) is 17.7. The number of nitrogens with zero attached hydrogens (tertiary/aromatic N) is 4. The summed E-state index contributed by atoms with van der Waals surface area (Å²) < 4.78 is 4.86. The average molecular weight is 1020 g/mol. The largest absolute Gasteiger partial charge is 0.308 e. The Morgan fingerprint density at radius 3 is 0.900 bits per heavy atom. The fourth-order valence-electron chi connectivity index (χ4n) is 11.7. The molecule has 0 aliphatic heterocycles. The lowest BCUT2D eigenvalue weighted by Gasteiger charge is -2.20. The summed E-state index contributed by atoms with van der Waals surface area (Å²) in [4.78, 5) is 9.75.